The van der Waals surface area contributed by atoms with E-state index in [9.17, 15) is 0 Å². The maximum Gasteiger partial charge on any atom is 0.0119 e. The number of thioether (sulfide) groups is 1. The van der Waals surface area contributed by atoms with E-state index < -0.39 is 0 Å². The molecular weight excluding hydrogens is 224 g/mol. The number of hydrogen-bond acceptors (Lipinski definition) is 1. The van der Waals surface area contributed by atoms with Crippen LogP contribution in [0.15, 0.2) is 64.4 Å². The van der Waals surface area contributed by atoms with Crippen molar-refractivity contribution in [1.29, 1.82) is 0 Å². The van der Waals surface area contributed by atoms with Gasteiger partial charge in [0, 0.05) is 4.90 Å². The largest absolute Gasteiger partial charge is 0.0948 e. The molecule has 2 aromatic carbocycles. The monoisotopic (exact) mass is 240 g/mol. The van der Waals surface area contributed by atoms with Crippen LogP contribution in [0.25, 0.3) is 6.08 Å². The Hall–Kier alpha value is -1.47. The summed E-state index contributed by atoms with van der Waals surface area (Å²) in [4.78, 5) is 2.60. The first-order valence-corrected chi connectivity index (χ1v) is 6.53. The van der Waals surface area contributed by atoms with Crippen molar-refractivity contribution < 1.29 is 0 Å². The van der Waals surface area contributed by atoms with Crippen molar-refractivity contribution in [1.82, 2.24) is 0 Å². The highest BCUT2D eigenvalue weighted by atomic mass is 32.2. The second-order valence-corrected chi connectivity index (χ2v) is 5.40. The van der Waals surface area contributed by atoms with Crippen LogP contribution in [0.2, 0.25) is 0 Å². The molecule has 0 aromatic heterocycles. The minimum absolute atomic E-state index is 1.25. The summed E-state index contributed by atoms with van der Waals surface area (Å²) in [5.41, 5.74) is 2.56. The van der Waals surface area contributed by atoms with Gasteiger partial charge in [0.25, 0.3) is 0 Å². The maximum atomic E-state index is 2.21. The van der Waals surface area contributed by atoms with Crippen LogP contribution < -0.4 is 0 Å². The first kappa shape index (κ1) is 12.0. The van der Waals surface area contributed by atoms with E-state index in [1.54, 1.807) is 0 Å². The van der Waals surface area contributed by atoms with Gasteiger partial charge in [-0.25, -0.2) is 0 Å². The molecule has 86 valence electrons. The summed E-state index contributed by atoms with van der Waals surface area (Å²) in [5.74, 6) is 0. The van der Waals surface area contributed by atoms with Crippen LogP contribution in [-0.4, -0.2) is 0 Å². The van der Waals surface area contributed by atoms with Crippen molar-refractivity contribution in [3.8, 4) is 0 Å². The minimum Gasteiger partial charge on any atom is -0.0948 e. The SMILES string of the molecule is CC(=Cc1ccccc1)Sc1ccc(C)cc1. The highest BCUT2D eigenvalue weighted by molar-refractivity contribution is 8.03. The predicted molar refractivity (Wildman–Crippen MR) is 77.1 cm³/mol. The Morgan fingerprint density at radius 1 is 0.941 bits per heavy atom. The lowest BCUT2D eigenvalue weighted by Gasteiger charge is -2.02. The summed E-state index contributed by atoms with van der Waals surface area (Å²) >= 11 is 1.81. The number of aryl methyl sites for hydroxylation is 1. The van der Waals surface area contributed by atoms with Gasteiger partial charge < -0.3 is 0 Å². The number of hydrogen-bond donors (Lipinski definition) is 0. The lowest BCUT2D eigenvalue weighted by atomic mass is 10.2. The molecule has 0 aliphatic rings. The molecule has 0 N–H and O–H groups in total. The molecule has 0 bridgehead atoms. The van der Waals surface area contributed by atoms with Crippen molar-refractivity contribution in [2.24, 2.45) is 0 Å². The Morgan fingerprint density at radius 2 is 1.59 bits per heavy atom. The minimum atomic E-state index is 1.25. The van der Waals surface area contributed by atoms with Gasteiger partial charge in [-0.2, -0.15) is 0 Å². The Morgan fingerprint density at radius 3 is 2.24 bits per heavy atom. The van der Waals surface area contributed by atoms with Gasteiger partial charge in [-0.3, -0.25) is 0 Å². The zero-order valence-corrected chi connectivity index (χ0v) is 11.0. The van der Waals surface area contributed by atoms with Crippen molar-refractivity contribution in [3.63, 3.8) is 0 Å². The smallest absolute Gasteiger partial charge is 0.0119 e. The van der Waals surface area contributed by atoms with E-state index in [4.69, 9.17) is 0 Å². The van der Waals surface area contributed by atoms with Crippen LogP contribution in [-0.2, 0) is 0 Å². The third kappa shape index (κ3) is 3.79. The third-order valence-corrected chi connectivity index (χ3v) is 3.42. The van der Waals surface area contributed by atoms with Gasteiger partial charge in [-0.05, 0) is 42.5 Å². The fourth-order valence-electron chi connectivity index (χ4n) is 1.61. The normalized spacial score (nSPS) is 11.5. The third-order valence-electron chi connectivity index (χ3n) is 2.47. The zero-order valence-electron chi connectivity index (χ0n) is 10.2. The van der Waals surface area contributed by atoms with Crippen molar-refractivity contribution in [2.45, 2.75) is 18.7 Å². The van der Waals surface area contributed by atoms with Crippen LogP contribution in [0.1, 0.15) is 18.1 Å². The average molecular weight is 240 g/mol. The summed E-state index contributed by atoms with van der Waals surface area (Å²) in [6.45, 7) is 4.26. The van der Waals surface area contributed by atoms with E-state index in [0.717, 1.165) is 0 Å². The molecule has 1 heteroatoms. The van der Waals surface area contributed by atoms with Gasteiger partial charge >= 0.3 is 0 Å². The van der Waals surface area contributed by atoms with Crippen molar-refractivity contribution >= 4 is 17.8 Å². The molecule has 0 nitrogen and oxygen atoms in total. The van der Waals surface area contributed by atoms with Crippen LogP contribution in [0.3, 0.4) is 0 Å². The summed E-state index contributed by atoms with van der Waals surface area (Å²) < 4.78 is 0. The summed E-state index contributed by atoms with van der Waals surface area (Å²) in [6.07, 6.45) is 2.21. The maximum absolute atomic E-state index is 2.21. The van der Waals surface area contributed by atoms with Crippen molar-refractivity contribution in [3.05, 3.63) is 70.6 Å². The Labute approximate surface area is 107 Å². The van der Waals surface area contributed by atoms with Crippen LogP contribution in [0.4, 0.5) is 0 Å². The summed E-state index contributed by atoms with van der Waals surface area (Å²) in [7, 11) is 0. The molecule has 0 fully saturated rings. The predicted octanol–water partition coefficient (Wildman–Crippen LogP) is 5.15. The van der Waals surface area contributed by atoms with E-state index in [1.165, 1.54) is 20.9 Å². The van der Waals surface area contributed by atoms with Gasteiger partial charge in [0.05, 0.1) is 0 Å². The van der Waals surface area contributed by atoms with E-state index in [2.05, 4.69) is 68.5 Å². The van der Waals surface area contributed by atoms with Gasteiger partial charge in [0.15, 0.2) is 0 Å². The van der Waals surface area contributed by atoms with Crippen LogP contribution in [0, 0.1) is 6.92 Å². The molecule has 0 saturated heterocycles. The topological polar surface area (TPSA) is 0 Å². The van der Waals surface area contributed by atoms with Gasteiger partial charge in [-0.15, -0.1) is 0 Å². The highest BCUT2D eigenvalue weighted by Gasteiger charge is 1.96. The molecule has 0 heterocycles. The Kier molecular flexibility index (Phi) is 4.05. The Bertz CT molecular complexity index is 495. The van der Waals surface area contributed by atoms with E-state index in [1.807, 2.05) is 17.8 Å². The standard InChI is InChI=1S/C16H16S/c1-13-8-10-16(11-9-13)17-14(2)12-15-6-4-3-5-7-15/h3-12H,1-2H3. The highest BCUT2D eigenvalue weighted by Crippen LogP contribution is 2.27. The lowest BCUT2D eigenvalue weighted by molar-refractivity contribution is 1.38. The molecule has 17 heavy (non-hydrogen) atoms. The lowest BCUT2D eigenvalue weighted by Crippen LogP contribution is -1.75. The summed E-state index contributed by atoms with van der Waals surface area (Å²) in [6, 6.07) is 19.1. The molecular formula is C16H16S. The molecule has 2 rings (SSSR count). The van der Waals surface area contributed by atoms with Crippen LogP contribution in [0.5, 0.6) is 0 Å². The molecule has 0 atom stereocenters. The molecule has 0 amide bonds. The van der Waals surface area contributed by atoms with E-state index in [0.29, 0.717) is 0 Å². The fraction of sp³-hybridized carbons (Fsp3) is 0.125. The fourth-order valence-corrected chi connectivity index (χ4v) is 2.44. The summed E-state index contributed by atoms with van der Waals surface area (Å²) in [5, 5.41) is 0. The molecule has 0 aliphatic heterocycles. The second-order valence-electron chi connectivity index (χ2n) is 4.08. The number of benzene rings is 2. The second kappa shape index (κ2) is 5.74. The zero-order chi connectivity index (χ0) is 12.1. The van der Waals surface area contributed by atoms with Gasteiger partial charge in [0.1, 0.15) is 0 Å². The quantitative estimate of drug-likeness (QED) is 0.669. The molecule has 0 radical (unpaired) electrons. The number of allylic oxidation sites excluding steroid dienone is 1. The van der Waals surface area contributed by atoms with E-state index >= 15 is 0 Å². The Balaban J connectivity index is 2.09. The molecule has 0 saturated carbocycles. The number of rotatable bonds is 3. The first-order valence-electron chi connectivity index (χ1n) is 5.72. The van der Waals surface area contributed by atoms with Gasteiger partial charge in [-0.1, -0.05) is 59.8 Å². The van der Waals surface area contributed by atoms with Crippen LogP contribution >= 0.6 is 11.8 Å². The van der Waals surface area contributed by atoms with Crippen molar-refractivity contribution in [2.75, 3.05) is 0 Å². The molecule has 2 aromatic rings. The average Bonchev–Trinajstić information content (AvgIpc) is 2.33. The van der Waals surface area contributed by atoms with E-state index in [-0.39, 0.29) is 0 Å². The molecule has 0 unspecified atom stereocenters. The molecule has 0 spiro atoms. The first-order chi connectivity index (χ1) is 8.24. The molecule has 0 aliphatic carbocycles. The van der Waals surface area contributed by atoms with Gasteiger partial charge in [0.2, 0.25) is 0 Å².